The number of phosphoric ester groups is 3. The van der Waals surface area contributed by atoms with E-state index in [-0.39, 0.29) is 99.3 Å². The van der Waals surface area contributed by atoms with Crippen molar-refractivity contribution in [1.82, 2.24) is 30.2 Å². The number of aliphatic hydroxyl groups is 5. The molecule has 2 amide bonds. The Balaban J connectivity index is 0.784. The fourth-order valence-corrected chi connectivity index (χ4v) is 17.3. The van der Waals surface area contributed by atoms with E-state index in [0.717, 1.165) is 61.1 Å². The van der Waals surface area contributed by atoms with Crippen molar-refractivity contribution < 1.29 is 95.8 Å². The van der Waals surface area contributed by atoms with Crippen LogP contribution in [0.4, 0.5) is 5.82 Å². The first kappa shape index (κ1) is 64.7. The monoisotopic (exact) mass is 1210 g/mol. The van der Waals surface area contributed by atoms with Crippen molar-refractivity contribution in [2.45, 2.75) is 162 Å². The summed E-state index contributed by atoms with van der Waals surface area (Å²) in [6.07, 6.45) is 0.726. The van der Waals surface area contributed by atoms with Crippen LogP contribution < -0.4 is 16.4 Å². The number of nitrogen functional groups attached to an aromatic ring is 1. The molecule has 0 radical (unpaired) electrons. The number of aliphatic hydroxyl groups excluding tert-OH is 5. The Hall–Kier alpha value is -2.82. The number of anilines is 1. The van der Waals surface area contributed by atoms with Crippen LogP contribution in [0.5, 0.6) is 0 Å². The summed E-state index contributed by atoms with van der Waals surface area (Å²) < 4.78 is 62.8. The van der Waals surface area contributed by atoms with Crippen molar-refractivity contribution in [1.29, 1.82) is 0 Å². The van der Waals surface area contributed by atoms with Crippen molar-refractivity contribution in [2.24, 2.45) is 51.2 Å². The Kier molecular flexibility index (Phi) is 20.2. The number of rotatable bonds is 24. The summed E-state index contributed by atoms with van der Waals surface area (Å²) in [6.45, 7) is 11.2. The molecule has 18 atom stereocenters. The predicted molar refractivity (Wildman–Crippen MR) is 288 cm³/mol. The van der Waals surface area contributed by atoms with Crippen molar-refractivity contribution >= 4 is 69.1 Å². The molecular weight excluding hydrogens is 1130 g/mol. The molecule has 2 aromatic heterocycles. The van der Waals surface area contributed by atoms with Crippen LogP contribution in [0.3, 0.4) is 0 Å². The van der Waals surface area contributed by atoms with Gasteiger partial charge in [0.05, 0.1) is 37.9 Å². The van der Waals surface area contributed by atoms with E-state index in [2.05, 4.69) is 62.1 Å². The summed E-state index contributed by atoms with van der Waals surface area (Å²) in [5.41, 5.74) is 4.29. The van der Waals surface area contributed by atoms with Crippen LogP contribution >= 0.6 is 35.2 Å². The summed E-state index contributed by atoms with van der Waals surface area (Å²) in [5.74, 6) is -0.151. The number of thioether (sulfide) groups is 1. The number of phosphoric acid groups is 3. The number of amides is 2. The molecule has 0 aromatic carbocycles. The zero-order chi connectivity index (χ0) is 59.1. The van der Waals surface area contributed by atoms with Gasteiger partial charge >= 0.3 is 23.5 Å². The molecule has 27 nitrogen and oxygen atoms in total. The van der Waals surface area contributed by atoms with Crippen molar-refractivity contribution in [3.8, 4) is 0 Å². The zero-order valence-corrected chi connectivity index (χ0v) is 49.5. The highest BCUT2D eigenvalue weighted by Gasteiger charge is 2.68. The number of carbonyl (C=O) groups is 3. The summed E-state index contributed by atoms with van der Waals surface area (Å²) in [6, 6.07) is 0. The third-order valence-electron chi connectivity index (χ3n) is 18.3. The van der Waals surface area contributed by atoms with Gasteiger partial charge in [0.15, 0.2) is 17.7 Å². The van der Waals surface area contributed by atoms with Gasteiger partial charge in [-0.2, -0.15) is 4.31 Å². The van der Waals surface area contributed by atoms with Gasteiger partial charge in [-0.3, -0.25) is 32.5 Å². The lowest BCUT2D eigenvalue weighted by atomic mass is 9.39. The Labute approximate surface area is 468 Å². The number of carbonyl (C=O) groups excluding carboxylic acids is 3. The van der Waals surface area contributed by atoms with E-state index in [1.165, 1.54) is 13.8 Å². The van der Waals surface area contributed by atoms with Gasteiger partial charge in [0, 0.05) is 30.7 Å². The van der Waals surface area contributed by atoms with Crippen LogP contribution in [0.2, 0.25) is 0 Å². The largest absolute Gasteiger partial charge is 0.481 e. The molecule has 7 rings (SSSR count). The average Bonchev–Trinajstić information content (AvgIpc) is 4.06. The quantitative estimate of drug-likeness (QED) is 0.0407. The highest BCUT2D eigenvalue weighted by molar-refractivity contribution is 8.14. The van der Waals surface area contributed by atoms with Gasteiger partial charge in [0.1, 0.15) is 36.3 Å². The summed E-state index contributed by atoms with van der Waals surface area (Å²) >= 11 is 1.06. The third kappa shape index (κ3) is 14.1. The lowest BCUT2D eigenvalue weighted by Crippen LogP contribution is -2.65. The molecule has 31 heteroatoms. The molecule has 452 valence electrons. The maximum Gasteiger partial charge on any atom is 0.481 e. The first-order valence-corrected chi connectivity index (χ1v) is 32.4. The van der Waals surface area contributed by atoms with E-state index in [4.69, 9.17) is 19.5 Å². The average molecular weight is 1210 g/mol. The van der Waals surface area contributed by atoms with Crippen molar-refractivity contribution in [3.05, 3.63) is 24.3 Å². The number of hydrogen-bond donors (Lipinski definition) is 12. The summed E-state index contributed by atoms with van der Waals surface area (Å²) in [4.78, 5) is 89.9. The van der Waals surface area contributed by atoms with E-state index < -0.39 is 96.8 Å². The van der Waals surface area contributed by atoms with Gasteiger partial charge in [-0.05, 0) is 116 Å². The van der Waals surface area contributed by atoms with Gasteiger partial charge in [-0.15, -0.1) is 0 Å². The molecule has 2 unspecified atom stereocenters. The Morgan fingerprint density at radius 1 is 0.975 bits per heavy atom. The number of imidazole rings is 1. The minimum absolute atomic E-state index is 0.0240. The SMILES string of the molecule is C/C(=C/CC[C@@H](C)[C@H]1CC[C@H]2[C@@H]3[C@H](O)C[C@]4(C)C[C@H](O)CC[C@]4(C)[C@H]3C[C@H](O)[C@]12C)C(=O)SCCNC(=O)CCNC(=O)[C@H](O)C(C)(C)COP(=O)(O)OP(=O)(O)OC[C@H]1O[C@@H](n2cnc3c(N)ncnc32)[C@H](O)[C@@H]1OP(=O)(O)O. The lowest BCUT2D eigenvalue weighted by Gasteiger charge is -2.67. The van der Waals surface area contributed by atoms with Crippen LogP contribution in [0, 0.1) is 51.2 Å². The molecule has 2 aromatic rings. The normalized spacial score (nSPS) is 35.0. The summed E-state index contributed by atoms with van der Waals surface area (Å²) in [7, 11) is -16.5. The fraction of sp³-hybridized carbons (Fsp3) is 0.796. The topological polar surface area (TPSA) is 424 Å². The van der Waals surface area contributed by atoms with Gasteiger partial charge in [-0.1, -0.05) is 59.4 Å². The van der Waals surface area contributed by atoms with E-state index >= 15 is 0 Å². The Morgan fingerprint density at radius 3 is 2.38 bits per heavy atom. The first-order valence-electron chi connectivity index (χ1n) is 26.9. The molecular formula is C49H80N7O20P3S. The molecule has 80 heavy (non-hydrogen) atoms. The number of allylic oxidation sites excluding steroid dienone is 1. The Morgan fingerprint density at radius 2 is 1.68 bits per heavy atom. The number of fused-ring (bicyclic) bond motifs is 6. The predicted octanol–water partition coefficient (Wildman–Crippen LogP) is 3.38. The molecule has 5 aliphatic rings. The minimum atomic E-state index is -5.61. The maximum atomic E-state index is 13.0. The van der Waals surface area contributed by atoms with Gasteiger partial charge < -0.3 is 66.2 Å². The second-order valence-corrected chi connectivity index (χ2v) is 29.2. The van der Waals surface area contributed by atoms with Gasteiger partial charge in [0.25, 0.3) is 0 Å². The molecule has 13 N–H and O–H groups in total. The van der Waals surface area contributed by atoms with Crippen LogP contribution in [-0.4, -0.2) is 156 Å². The van der Waals surface area contributed by atoms with Crippen LogP contribution in [0.25, 0.3) is 11.2 Å². The Bertz CT molecular complexity index is 2760. The molecule has 4 aliphatic carbocycles. The number of nitrogens with zero attached hydrogens (tertiary/aromatic N) is 4. The standard InChI is InChI=1S/C49H80N7O20P3S/c1-26(29-11-12-30-36-31(19-34(59)49(29,30)7)48(6)15-13-28(57)20-47(48,5)21-32(36)58)9-8-10-27(2)45(64)80-18-17-51-35(60)14-16-52-43(63)40(62)46(3,4)23-73-79(70,71)76-78(68,69)72-22-33-39(75-77(65,66)67)38(61)44(74-33)56-25-55-37-41(50)53-24-54-42(37)56/h10,24-26,28-34,36,38-40,44,57-59,61-62H,8-9,11-23H2,1-7H3,(H,51,60)(H,52,63)(H,68,69)(H,70,71)(H2,50,53,54)(H2,65,66,67)/b27-10-/t26-,28-,29-,30+,31+,32-,33-,34+,36+,38-,39-,40+,44-,47+,48-,49-/m1/s1. The number of nitrogens with two attached hydrogens (primary N) is 1. The molecule has 0 spiro atoms. The van der Waals surface area contributed by atoms with E-state index in [1.807, 2.05) is 6.08 Å². The molecule has 1 saturated heterocycles. The summed E-state index contributed by atoms with van der Waals surface area (Å²) in [5, 5.41) is 61.0. The zero-order valence-electron chi connectivity index (χ0n) is 46.0. The highest BCUT2D eigenvalue weighted by Crippen LogP contribution is 2.71. The number of ether oxygens (including phenoxy) is 1. The lowest BCUT2D eigenvalue weighted by molar-refractivity contribution is -0.233. The molecule has 1 aliphatic heterocycles. The van der Waals surface area contributed by atoms with Crippen LogP contribution in [0.15, 0.2) is 24.3 Å². The van der Waals surface area contributed by atoms with Crippen molar-refractivity contribution in [3.63, 3.8) is 0 Å². The first-order chi connectivity index (χ1) is 37.1. The smallest absolute Gasteiger partial charge is 0.393 e. The fourth-order valence-electron chi connectivity index (χ4n) is 13.8. The molecule has 3 heterocycles. The van der Waals surface area contributed by atoms with E-state index in [1.54, 1.807) is 6.92 Å². The minimum Gasteiger partial charge on any atom is -0.393 e. The van der Waals surface area contributed by atoms with E-state index in [0.29, 0.717) is 31.3 Å². The second-order valence-electron chi connectivity index (χ2n) is 23.9. The highest BCUT2D eigenvalue weighted by atomic mass is 32.2. The molecule has 0 bridgehead atoms. The van der Waals surface area contributed by atoms with Gasteiger partial charge in [0.2, 0.25) is 16.9 Å². The number of nitrogens with one attached hydrogen (secondary N) is 2. The number of hydrogen-bond acceptors (Lipinski definition) is 21. The van der Waals surface area contributed by atoms with Crippen molar-refractivity contribution in [2.75, 3.05) is 37.8 Å². The van der Waals surface area contributed by atoms with E-state index in [9.17, 15) is 73.2 Å². The number of aromatic nitrogens is 4. The van der Waals surface area contributed by atoms with Crippen LogP contribution in [0.1, 0.15) is 119 Å². The third-order valence-corrected chi connectivity index (χ3v) is 22.4. The molecule has 5 fully saturated rings. The second kappa shape index (κ2) is 25.0. The maximum absolute atomic E-state index is 13.0. The van der Waals surface area contributed by atoms with Gasteiger partial charge in [-0.25, -0.2) is 28.6 Å². The van der Waals surface area contributed by atoms with Crippen LogP contribution in [-0.2, 0) is 50.7 Å². The molecule has 4 saturated carbocycles.